The summed E-state index contributed by atoms with van der Waals surface area (Å²) in [5.41, 5.74) is 0.0113. The molecule has 1 aliphatic rings. The number of aromatic amines is 2. The molecule has 0 radical (unpaired) electrons. The molecule has 2 rings (SSSR count). The molecule has 2 heterocycles. The van der Waals surface area contributed by atoms with Gasteiger partial charge in [-0.15, -0.1) is 0 Å². The van der Waals surface area contributed by atoms with Crippen LogP contribution in [-0.4, -0.2) is 47.5 Å². The van der Waals surface area contributed by atoms with E-state index in [1.165, 1.54) is 6.20 Å². The average molecular weight is 238 g/mol. The predicted molar refractivity (Wildman–Crippen MR) is 64.0 cm³/mol. The van der Waals surface area contributed by atoms with Crippen LogP contribution in [0.15, 0.2) is 11.0 Å². The molecule has 1 saturated heterocycles. The van der Waals surface area contributed by atoms with Crippen LogP contribution in [0.5, 0.6) is 0 Å². The van der Waals surface area contributed by atoms with Gasteiger partial charge in [-0.2, -0.15) is 0 Å². The van der Waals surface area contributed by atoms with E-state index in [0.717, 1.165) is 32.5 Å². The monoisotopic (exact) mass is 238 g/mol. The smallest absolute Gasteiger partial charge is 0.323 e. The topological polar surface area (TPSA) is 81.0 Å². The van der Waals surface area contributed by atoms with E-state index in [2.05, 4.69) is 15.3 Å². The second-order valence-corrected chi connectivity index (χ2v) is 4.47. The Morgan fingerprint density at radius 3 is 3.12 bits per heavy atom. The predicted octanol–water partition coefficient (Wildman–Crippen LogP) is -0.225. The number of H-pyrrole nitrogens is 2. The maximum atomic E-state index is 12.1. The van der Waals surface area contributed by atoms with Gasteiger partial charge in [0.15, 0.2) is 0 Å². The number of nitrogens with zero attached hydrogens (tertiary/aromatic N) is 1. The summed E-state index contributed by atoms with van der Waals surface area (Å²) in [6, 6.07) is 0. The highest BCUT2D eigenvalue weighted by molar-refractivity contribution is 5.92. The van der Waals surface area contributed by atoms with Gasteiger partial charge in [0.2, 0.25) is 0 Å². The number of carbonyl (C=O) groups excluding carboxylic acids is 1. The summed E-state index contributed by atoms with van der Waals surface area (Å²) in [6.07, 6.45) is 3.60. The van der Waals surface area contributed by atoms with Crippen molar-refractivity contribution in [1.29, 1.82) is 0 Å². The minimum absolute atomic E-state index is 0.0934. The van der Waals surface area contributed by atoms with Crippen molar-refractivity contribution in [2.75, 3.05) is 26.7 Å². The standard InChI is InChI=1S/C11H18N4O2/c1-12-5-8-3-2-4-15(7-8)10(16)9-6-13-11(17)14-9/h6,8,12H,2-5,7H2,1H3,(H2,13,14,17). The molecule has 1 aliphatic heterocycles. The lowest BCUT2D eigenvalue weighted by atomic mass is 9.98. The number of likely N-dealkylation sites (tertiary alicyclic amines) is 1. The molecule has 1 aromatic rings. The Morgan fingerprint density at radius 1 is 1.65 bits per heavy atom. The summed E-state index contributed by atoms with van der Waals surface area (Å²) in [6.45, 7) is 2.45. The number of amides is 1. The van der Waals surface area contributed by atoms with Crippen LogP contribution in [0.1, 0.15) is 23.3 Å². The molecular formula is C11H18N4O2. The Morgan fingerprint density at radius 2 is 2.47 bits per heavy atom. The van der Waals surface area contributed by atoms with Crippen LogP contribution >= 0.6 is 0 Å². The molecule has 0 aromatic carbocycles. The van der Waals surface area contributed by atoms with E-state index < -0.39 is 0 Å². The number of imidazole rings is 1. The van der Waals surface area contributed by atoms with E-state index in [4.69, 9.17) is 0 Å². The van der Waals surface area contributed by atoms with Crippen LogP contribution in [0.4, 0.5) is 0 Å². The minimum Gasteiger partial charge on any atom is -0.337 e. The van der Waals surface area contributed by atoms with Crippen molar-refractivity contribution < 1.29 is 4.79 Å². The van der Waals surface area contributed by atoms with Gasteiger partial charge in [0.05, 0.1) is 0 Å². The maximum absolute atomic E-state index is 12.1. The Hall–Kier alpha value is -1.56. The van der Waals surface area contributed by atoms with Crippen molar-refractivity contribution in [3.63, 3.8) is 0 Å². The third kappa shape index (κ3) is 2.76. The van der Waals surface area contributed by atoms with E-state index in [9.17, 15) is 9.59 Å². The molecular weight excluding hydrogens is 220 g/mol. The number of nitrogens with one attached hydrogen (secondary N) is 3. The normalized spacial score (nSPS) is 20.5. The highest BCUT2D eigenvalue weighted by Crippen LogP contribution is 2.17. The number of carbonyl (C=O) groups is 1. The first-order valence-electron chi connectivity index (χ1n) is 5.92. The summed E-state index contributed by atoms with van der Waals surface area (Å²) in [5, 5.41) is 3.14. The fourth-order valence-electron chi connectivity index (χ4n) is 2.32. The first-order valence-corrected chi connectivity index (χ1v) is 5.92. The largest absolute Gasteiger partial charge is 0.337 e. The van der Waals surface area contributed by atoms with Gasteiger partial charge in [-0.3, -0.25) is 4.79 Å². The van der Waals surface area contributed by atoms with E-state index >= 15 is 0 Å². The zero-order valence-electron chi connectivity index (χ0n) is 9.95. The minimum atomic E-state index is -0.336. The molecule has 6 nitrogen and oxygen atoms in total. The van der Waals surface area contributed by atoms with E-state index in [1.807, 2.05) is 11.9 Å². The molecule has 94 valence electrons. The van der Waals surface area contributed by atoms with Crippen LogP contribution in [0.25, 0.3) is 0 Å². The molecule has 1 amide bonds. The zero-order chi connectivity index (χ0) is 12.3. The van der Waals surface area contributed by atoms with Crippen LogP contribution in [0.2, 0.25) is 0 Å². The fraction of sp³-hybridized carbons (Fsp3) is 0.636. The van der Waals surface area contributed by atoms with Crippen molar-refractivity contribution in [2.45, 2.75) is 12.8 Å². The molecule has 1 fully saturated rings. The Bertz CT molecular complexity index is 435. The molecule has 0 spiro atoms. The molecule has 0 saturated carbocycles. The van der Waals surface area contributed by atoms with Crippen LogP contribution in [0, 0.1) is 5.92 Å². The van der Waals surface area contributed by atoms with Crippen molar-refractivity contribution in [2.24, 2.45) is 5.92 Å². The van der Waals surface area contributed by atoms with Gasteiger partial charge >= 0.3 is 5.69 Å². The molecule has 3 N–H and O–H groups in total. The van der Waals surface area contributed by atoms with Crippen molar-refractivity contribution in [3.05, 3.63) is 22.4 Å². The molecule has 0 bridgehead atoms. The Kier molecular flexibility index (Phi) is 3.63. The van der Waals surface area contributed by atoms with Crippen molar-refractivity contribution in [1.82, 2.24) is 20.2 Å². The number of hydrogen-bond acceptors (Lipinski definition) is 3. The van der Waals surface area contributed by atoms with Gasteiger partial charge in [-0.1, -0.05) is 0 Å². The SMILES string of the molecule is CNCC1CCCN(C(=O)c2c[nH]c(=O)[nH]2)C1. The van der Waals surface area contributed by atoms with Gasteiger partial charge in [-0.05, 0) is 32.4 Å². The molecule has 1 unspecified atom stereocenters. The third-order valence-electron chi connectivity index (χ3n) is 3.13. The Labute approximate surface area is 99.4 Å². The van der Waals surface area contributed by atoms with E-state index in [0.29, 0.717) is 11.6 Å². The van der Waals surface area contributed by atoms with Crippen LogP contribution < -0.4 is 11.0 Å². The molecule has 1 aromatic heterocycles. The van der Waals surface area contributed by atoms with Gasteiger partial charge < -0.3 is 20.2 Å². The quantitative estimate of drug-likeness (QED) is 0.680. The molecule has 0 aliphatic carbocycles. The molecule has 1 atom stereocenters. The summed E-state index contributed by atoms with van der Waals surface area (Å²) in [4.78, 5) is 29.8. The second kappa shape index (κ2) is 5.18. The second-order valence-electron chi connectivity index (χ2n) is 4.47. The molecule has 6 heteroatoms. The zero-order valence-corrected chi connectivity index (χ0v) is 9.95. The third-order valence-corrected chi connectivity index (χ3v) is 3.13. The van der Waals surface area contributed by atoms with Gasteiger partial charge in [0.1, 0.15) is 5.69 Å². The first kappa shape index (κ1) is 11.9. The van der Waals surface area contributed by atoms with Gasteiger partial charge in [-0.25, -0.2) is 4.79 Å². The fourth-order valence-corrected chi connectivity index (χ4v) is 2.32. The van der Waals surface area contributed by atoms with Gasteiger partial charge in [0.25, 0.3) is 5.91 Å². The average Bonchev–Trinajstić information content (AvgIpc) is 2.76. The number of aromatic nitrogens is 2. The van der Waals surface area contributed by atoms with E-state index in [1.54, 1.807) is 0 Å². The summed E-state index contributed by atoms with van der Waals surface area (Å²) in [7, 11) is 1.92. The van der Waals surface area contributed by atoms with E-state index in [-0.39, 0.29) is 11.6 Å². The molecule has 17 heavy (non-hydrogen) atoms. The van der Waals surface area contributed by atoms with Gasteiger partial charge in [0, 0.05) is 19.3 Å². The summed E-state index contributed by atoms with van der Waals surface area (Å²) < 4.78 is 0. The lowest BCUT2D eigenvalue weighted by Gasteiger charge is -2.32. The summed E-state index contributed by atoms with van der Waals surface area (Å²) in [5.74, 6) is 0.410. The highest BCUT2D eigenvalue weighted by atomic mass is 16.2. The van der Waals surface area contributed by atoms with Crippen LogP contribution in [-0.2, 0) is 0 Å². The summed E-state index contributed by atoms with van der Waals surface area (Å²) >= 11 is 0. The number of hydrogen-bond donors (Lipinski definition) is 3. The van der Waals surface area contributed by atoms with Crippen molar-refractivity contribution >= 4 is 5.91 Å². The lowest BCUT2D eigenvalue weighted by molar-refractivity contribution is 0.0668. The number of piperidine rings is 1. The number of rotatable bonds is 3. The Balaban J connectivity index is 2.02. The van der Waals surface area contributed by atoms with Crippen LogP contribution in [0.3, 0.4) is 0 Å². The maximum Gasteiger partial charge on any atom is 0.323 e. The van der Waals surface area contributed by atoms with Crippen molar-refractivity contribution in [3.8, 4) is 0 Å². The first-order chi connectivity index (χ1) is 8.20. The highest BCUT2D eigenvalue weighted by Gasteiger charge is 2.24. The lowest BCUT2D eigenvalue weighted by Crippen LogP contribution is -2.42.